The van der Waals surface area contributed by atoms with Crippen molar-refractivity contribution in [3.8, 4) is 0 Å². The minimum Gasteiger partial charge on any atom is -0.324 e. The lowest BCUT2D eigenvalue weighted by molar-refractivity contribution is -0.116. The number of benzene rings is 2. The summed E-state index contributed by atoms with van der Waals surface area (Å²) >= 11 is 0. The van der Waals surface area contributed by atoms with Crippen molar-refractivity contribution in [2.45, 2.75) is 20.4 Å². The molecule has 122 valence electrons. The Morgan fingerprint density at radius 2 is 2.04 bits per heavy atom. The van der Waals surface area contributed by atoms with Crippen LogP contribution in [0.15, 0.2) is 47.5 Å². The summed E-state index contributed by atoms with van der Waals surface area (Å²) in [7, 11) is 0. The number of rotatable bonds is 3. The van der Waals surface area contributed by atoms with E-state index in [-0.39, 0.29) is 28.9 Å². The van der Waals surface area contributed by atoms with Crippen LogP contribution in [-0.4, -0.2) is 15.5 Å². The number of aromatic nitrogens is 2. The number of anilines is 1. The van der Waals surface area contributed by atoms with Crippen LogP contribution < -0.4 is 10.9 Å². The molecule has 0 atom stereocenters. The second-order valence-corrected chi connectivity index (χ2v) is 5.63. The molecule has 0 saturated carbocycles. The third-order valence-corrected chi connectivity index (χ3v) is 3.98. The topological polar surface area (TPSA) is 64.0 Å². The van der Waals surface area contributed by atoms with Crippen LogP contribution in [0, 0.1) is 19.7 Å². The highest BCUT2D eigenvalue weighted by Gasteiger charge is 2.10. The van der Waals surface area contributed by atoms with Gasteiger partial charge in [-0.25, -0.2) is 9.37 Å². The van der Waals surface area contributed by atoms with E-state index in [1.165, 1.54) is 29.1 Å². The van der Waals surface area contributed by atoms with Gasteiger partial charge >= 0.3 is 0 Å². The van der Waals surface area contributed by atoms with Crippen LogP contribution in [0.25, 0.3) is 10.9 Å². The molecule has 0 fully saturated rings. The van der Waals surface area contributed by atoms with Gasteiger partial charge in [-0.15, -0.1) is 0 Å². The summed E-state index contributed by atoms with van der Waals surface area (Å²) in [6, 6.07) is 9.39. The number of nitrogens with zero attached hydrogens (tertiary/aromatic N) is 2. The lowest BCUT2D eigenvalue weighted by Crippen LogP contribution is -2.28. The maximum atomic E-state index is 13.2. The van der Waals surface area contributed by atoms with Crippen LogP contribution in [-0.2, 0) is 11.3 Å². The monoisotopic (exact) mass is 325 g/mol. The zero-order chi connectivity index (χ0) is 17.3. The van der Waals surface area contributed by atoms with E-state index in [1.807, 2.05) is 32.0 Å². The maximum absolute atomic E-state index is 13.2. The number of carbonyl (C=O) groups excluding carboxylic acids is 1. The van der Waals surface area contributed by atoms with Crippen molar-refractivity contribution in [2.24, 2.45) is 0 Å². The summed E-state index contributed by atoms with van der Waals surface area (Å²) in [5.41, 5.74) is 2.65. The first-order chi connectivity index (χ1) is 11.5. The maximum Gasteiger partial charge on any atom is 0.261 e. The highest BCUT2D eigenvalue weighted by Crippen LogP contribution is 2.17. The number of aryl methyl sites for hydroxylation is 1. The minimum absolute atomic E-state index is 0.160. The van der Waals surface area contributed by atoms with E-state index in [0.717, 1.165) is 11.1 Å². The molecule has 0 saturated heterocycles. The summed E-state index contributed by atoms with van der Waals surface area (Å²) in [5, 5.41) is 3.07. The van der Waals surface area contributed by atoms with Gasteiger partial charge in [-0.2, -0.15) is 0 Å². The lowest BCUT2D eigenvalue weighted by atomic mass is 10.1. The van der Waals surface area contributed by atoms with Gasteiger partial charge in [0.1, 0.15) is 12.4 Å². The van der Waals surface area contributed by atoms with E-state index in [0.29, 0.717) is 5.69 Å². The first-order valence-corrected chi connectivity index (χ1v) is 7.46. The standard InChI is InChI=1S/C18H16FN3O2/c1-11-4-3-5-15(12(11)2)21-17(23)9-22-10-20-16-8-13(19)6-7-14(16)18(22)24/h3-8,10H,9H2,1-2H3,(H,21,23). The predicted octanol–water partition coefficient (Wildman–Crippen LogP) is 2.79. The van der Waals surface area contributed by atoms with Crippen molar-refractivity contribution in [3.63, 3.8) is 0 Å². The zero-order valence-corrected chi connectivity index (χ0v) is 13.3. The van der Waals surface area contributed by atoms with E-state index in [9.17, 15) is 14.0 Å². The molecule has 1 N–H and O–H groups in total. The Morgan fingerprint density at radius 1 is 1.25 bits per heavy atom. The summed E-state index contributed by atoms with van der Waals surface area (Å²) in [6.45, 7) is 3.72. The highest BCUT2D eigenvalue weighted by atomic mass is 19.1. The van der Waals surface area contributed by atoms with Crippen molar-refractivity contribution in [1.29, 1.82) is 0 Å². The van der Waals surface area contributed by atoms with Crippen LogP contribution >= 0.6 is 0 Å². The Bertz CT molecular complexity index is 995. The molecule has 24 heavy (non-hydrogen) atoms. The molecule has 0 spiro atoms. The number of halogens is 1. The van der Waals surface area contributed by atoms with Gasteiger partial charge in [-0.05, 0) is 43.2 Å². The summed E-state index contributed by atoms with van der Waals surface area (Å²) in [6.07, 6.45) is 1.26. The third kappa shape index (κ3) is 3.03. The SMILES string of the molecule is Cc1cccc(NC(=O)Cn2cnc3cc(F)ccc3c2=O)c1C. The second-order valence-electron chi connectivity index (χ2n) is 5.63. The molecule has 0 unspecified atom stereocenters. The van der Waals surface area contributed by atoms with Crippen LogP contribution in [0.2, 0.25) is 0 Å². The van der Waals surface area contributed by atoms with Gasteiger partial charge in [0, 0.05) is 11.8 Å². The van der Waals surface area contributed by atoms with Crippen LogP contribution in [0.4, 0.5) is 10.1 Å². The molecule has 1 amide bonds. The van der Waals surface area contributed by atoms with Crippen molar-refractivity contribution in [1.82, 2.24) is 9.55 Å². The van der Waals surface area contributed by atoms with Gasteiger partial charge in [0.05, 0.1) is 17.2 Å². The summed E-state index contributed by atoms with van der Waals surface area (Å²) in [5.74, 6) is -0.783. The Labute approximate surface area is 137 Å². The average molecular weight is 325 g/mol. The molecule has 5 nitrogen and oxygen atoms in total. The quantitative estimate of drug-likeness (QED) is 0.805. The van der Waals surface area contributed by atoms with Gasteiger partial charge in [-0.3, -0.25) is 14.2 Å². The third-order valence-electron chi connectivity index (χ3n) is 3.98. The van der Waals surface area contributed by atoms with E-state index in [4.69, 9.17) is 0 Å². The molecule has 1 heterocycles. The largest absolute Gasteiger partial charge is 0.324 e. The van der Waals surface area contributed by atoms with Gasteiger partial charge in [-0.1, -0.05) is 12.1 Å². The molecule has 0 aliphatic rings. The fraction of sp³-hybridized carbons (Fsp3) is 0.167. The predicted molar refractivity (Wildman–Crippen MR) is 90.5 cm³/mol. The lowest BCUT2D eigenvalue weighted by Gasteiger charge is -2.11. The number of carbonyl (C=O) groups is 1. The van der Waals surface area contributed by atoms with Crippen molar-refractivity contribution < 1.29 is 9.18 Å². The van der Waals surface area contributed by atoms with Crippen LogP contribution in [0.3, 0.4) is 0 Å². The molecule has 3 aromatic rings. The van der Waals surface area contributed by atoms with Crippen molar-refractivity contribution in [2.75, 3.05) is 5.32 Å². The fourth-order valence-electron chi connectivity index (χ4n) is 2.48. The Kier molecular flexibility index (Phi) is 4.12. The van der Waals surface area contributed by atoms with Gasteiger partial charge < -0.3 is 5.32 Å². The molecular weight excluding hydrogens is 309 g/mol. The number of amides is 1. The Hall–Kier alpha value is -3.02. The molecule has 0 bridgehead atoms. The number of hydrogen-bond acceptors (Lipinski definition) is 3. The molecule has 2 aromatic carbocycles. The van der Waals surface area contributed by atoms with E-state index < -0.39 is 5.82 Å². The van der Waals surface area contributed by atoms with Crippen LogP contribution in [0.5, 0.6) is 0 Å². The minimum atomic E-state index is -0.459. The van der Waals surface area contributed by atoms with Gasteiger partial charge in [0.15, 0.2) is 0 Å². The van der Waals surface area contributed by atoms with E-state index in [2.05, 4.69) is 10.3 Å². The number of fused-ring (bicyclic) bond motifs is 1. The molecule has 0 radical (unpaired) electrons. The number of hydrogen-bond donors (Lipinski definition) is 1. The van der Waals surface area contributed by atoms with Crippen LogP contribution in [0.1, 0.15) is 11.1 Å². The van der Waals surface area contributed by atoms with Gasteiger partial charge in [0.25, 0.3) is 5.56 Å². The fourth-order valence-corrected chi connectivity index (χ4v) is 2.48. The molecular formula is C18H16FN3O2. The summed E-state index contributed by atoms with van der Waals surface area (Å²) in [4.78, 5) is 28.6. The normalized spacial score (nSPS) is 10.8. The first kappa shape index (κ1) is 15.9. The molecule has 0 aliphatic carbocycles. The average Bonchev–Trinajstić information content (AvgIpc) is 2.54. The number of nitrogens with one attached hydrogen (secondary N) is 1. The molecule has 0 aliphatic heterocycles. The Morgan fingerprint density at radius 3 is 2.83 bits per heavy atom. The molecule has 6 heteroatoms. The zero-order valence-electron chi connectivity index (χ0n) is 13.3. The van der Waals surface area contributed by atoms with E-state index in [1.54, 1.807) is 0 Å². The first-order valence-electron chi connectivity index (χ1n) is 7.46. The van der Waals surface area contributed by atoms with Gasteiger partial charge in [0.2, 0.25) is 5.91 Å². The smallest absolute Gasteiger partial charge is 0.261 e. The highest BCUT2D eigenvalue weighted by molar-refractivity contribution is 5.91. The van der Waals surface area contributed by atoms with E-state index >= 15 is 0 Å². The van der Waals surface area contributed by atoms with Crippen molar-refractivity contribution in [3.05, 3.63) is 70.0 Å². The van der Waals surface area contributed by atoms with Crippen molar-refractivity contribution >= 4 is 22.5 Å². The summed E-state index contributed by atoms with van der Waals surface area (Å²) < 4.78 is 14.4. The molecule has 3 rings (SSSR count). The molecule has 1 aromatic heterocycles. The second kappa shape index (κ2) is 6.23. The Balaban J connectivity index is 1.86.